The molecule has 0 amide bonds. The first kappa shape index (κ1) is 17.7. The van der Waals surface area contributed by atoms with Gasteiger partial charge in [0.05, 0.1) is 17.9 Å². The van der Waals surface area contributed by atoms with Crippen LogP contribution in [0.3, 0.4) is 0 Å². The highest BCUT2D eigenvalue weighted by atomic mass is 35.5. The number of fused-ring (bicyclic) bond motifs is 1. The van der Waals surface area contributed by atoms with Crippen LogP contribution >= 0.6 is 11.6 Å². The van der Waals surface area contributed by atoms with Crippen LogP contribution in [0.2, 0.25) is 5.02 Å². The number of nitrogens with one attached hydrogen (secondary N) is 1. The lowest BCUT2D eigenvalue weighted by Gasteiger charge is -2.21. The highest BCUT2D eigenvalue weighted by Gasteiger charge is 2.17. The van der Waals surface area contributed by atoms with Crippen molar-refractivity contribution in [3.63, 3.8) is 0 Å². The van der Waals surface area contributed by atoms with Crippen LogP contribution in [-0.2, 0) is 13.1 Å². The number of aromatic nitrogens is 2. The molecule has 0 aliphatic carbocycles. The zero-order valence-corrected chi connectivity index (χ0v) is 16.2. The normalized spacial score (nSPS) is 12.9. The molecular formula is C21H22ClN3O2. The number of halogens is 1. The second-order valence-electron chi connectivity index (χ2n) is 6.58. The number of ether oxygens (including phenoxy) is 2. The number of benzene rings is 2. The molecule has 0 spiro atoms. The van der Waals surface area contributed by atoms with Crippen molar-refractivity contribution in [2.45, 2.75) is 26.9 Å². The average molecular weight is 384 g/mol. The van der Waals surface area contributed by atoms with Gasteiger partial charge in [0.1, 0.15) is 13.2 Å². The summed E-state index contributed by atoms with van der Waals surface area (Å²) in [5, 5.41) is 8.95. The van der Waals surface area contributed by atoms with Gasteiger partial charge in [-0.2, -0.15) is 5.10 Å². The summed E-state index contributed by atoms with van der Waals surface area (Å²) in [6.45, 7) is 6.61. The number of rotatable bonds is 5. The van der Waals surface area contributed by atoms with Gasteiger partial charge >= 0.3 is 0 Å². The maximum absolute atomic E-state index is 6.30. The van der Waals surface area contributed by atoms with Crippen molar-refractivity contribution >= 4 is 17.3 Å². The Kier molecular flexibility index (Phi) is 4.94. The van der Waals surface area contributed by atoms with E-state index in [1.807, 2.05) is 54.1 Å². The monoisotopic (exact) mass is 383 g/mol. The van der Waals surface area contributed by atoms with Crippen molar-refractivity contribution in [2.24, 2.45) is 0 Å². The fourth-order valence-corrected chi connectivity index (χ4v) is 3.52. The molecule has 2 aromatic carbocycles. The van der Waals surface area contributed by atoms with Gasteiger partial charge in [-0.25, -0.2) is 0 Å². The number of para-hydroxylation sites is 1. The number of anilines is 1. The molecule has 140 valence electrons. The Labute approximate surface area is 163 Å². The number of hydrogen-bond donors (Lipinski definition) is 1. The van der Waals surface area contributed by atoms with Crippen LogP contribution in [0, 0.1) is 13.8 Å². The molecule has 0 saturated carbocycles. The molecular weight excluding hydrogens is 362 g/mol. The molecule has 1 aliphatic rings. The molecule has 6 heteroatoms. The summed E-state index contributed by atoms with van der Waals surface area (Å²) in [6.07, 6.45) is 0. The molecule has 1 N–H and O–H groups in total. The smallest absolute Gasteiger partial charge is 0.184 e. The van der Waals surface area contributed by atoms with Gasteiger partial charge in [0.25, 0.3) is 0 Å². The summed E-state index contributed by atoms with van der Waals surface area (Å²) in [5.74, 6) is 1.57. The first-order valence-corrected chi connectivity index (χ1v) is 9.40. The predicted molar refractivity (Wildman–Crippen MR) is 107 cm³/mol. The van der Waals surface area contributed by atoms with E-state index < -0.39 is 0 Å². The summed E-state index contributed by atoms with van der Waals surface area (Å²) in [7, 11) is 0. The van der Waals surface area contributed by atoms with Crippen LogP contribution < -0.4 is 14.8 Å². The van der Waals surface area contributed by atoms with E-state index >= 15 is 0 Å². The molecule has 5 nitrogen and oxygen atoms in total. The molecule has 0 bridgehead atoms. The van der Waals surface area contributed by atoms with Gasteiger partial charge in [0.15, 0.2) is 11.5 Å². The maximum Gasteiger partial charge on any atom is 0.184 e. The van der Waals surface area contributed by atoms with Gasteiger partial charge in [-0.15, -0.1) is 0 Å². The topological polar surface area (TPSA) is 48.3 Å². The fourth-order valence-electron chi connectivity index (χ4n) is 3.33. The van der Waals surface area contributed by atoms with Gasteiger partial charge in [0.2, 0.25) is 0 Å². The minimum absolute atomic E-state index is 0.569. The van der Waals surface area contributed by atoms with Crippen molar-refractivity contribution in [2.75, 3.05) is 18.5 Å². The van der Waals surface area contributed by atoms with Gasteiger partial charge in [-0.05, 0) is 37.6 Å². The molecule has 0 radical (unpaired) electrons. The average Bonchev–Trinajstić information content (AvgIpc) is 2.95. The molecule has 0 saturated heterocycles. The number of nitrogens with zero attached hydrogens (tertiary/aromatic N) is 2. The molecule has 0 fully saturated rings. The van der Waals surface area contributed by atoms with E-state index in [0.29, 0.717) is 26.3 Å². The van der Waals surface area contributed by atoms with Crippen molar-refractivity contribution < 1.29 is 9.47 Å². The Morgan fingerprint density at radius 3 is 2.74 bits per heavy atom. The molecule has 2 heterocycles. The first-order valence-electron chi connectivity index (χ1n) is 9.02. The molecule has 3 aromatic rings. The fraction of sp³-hybridized carbons (Fsp3) is 0.286. The van der Waals surface area contributed by atoms with Crippen LogP contribution in [0.5, 0.6) is 11.5 Å². The highest BCUT2D eigenvalue weighted by molar-refractivity contribution is 6.31. The number of aryl methyl sites for hydroxylation is 1. The van der Waals surface area contributed by atoms with Crippen molar-refractivity contribution in [3.8, 4) is 11.5 Å². The van der Waals surface area contributed by atoms with E-state index in [4.69, 9.17) is 26.2 Å². The summed E-state index contributed by atoms with van der Waals surface area (Å²) in [5.41, 5.74) is 5.31. The highest BCUT2D eigenvalue weighted by Crippen LogP contribution is 2.37. The lowest BCUT2D eigenvalue weighted by atomic mass is 10.1. The molecule has 1 aliphatic heterocycles. The lowest BCUT2D eigenvalue weighted by molar-refractivity contribution is 0.172. The van der Waals surface area contributed by atoms with Gasteiger partial charge in [-0.3, -0.25) is 4.68 Å². The molecule has 27 heavy (non-hydrogen) atoms. The van der Waals surface area contributed by atoms with E-state index in [2.05, 4.69) is 12.2 Å². The maximum atomic E-state index is 6.30. The van der Waals surface area contributed by atoms with E-state index in [-0.39, 0.29) is 0 Å². The number of hydrogen-bond acceptors (Lipinski definition) is 4. The van der Waals surface area contributed by atoms with Gasteiger partial charge in [0, 0.05) is 22.8 Å². The van der Waals surface area contributed by atoms with Crippen LogP contribution in [0.25, 0.3) is 0 Å². The first-order chi connectivity index (χ1) is 13.1. The third kappa shape index (κ3) is 3.60. The third-order valence-corrected chi connectivity index (χ3v) is 5.20. The van der Waals surface area contributed by atoms with Crippen LogP contribution in [0.4, 0.5) is 5.69 Å². The molecule has 1 aromatic heterocycles. The second-order valence-corrected chi connectivity index (χ2v) is 6.99. The van der Waals surface area contributed by atoms with E-state index in [1.165, 1.54) is 5.56 Å². The van der Waals surface area contributed by atoms with Crippen LogP contribution in [0.1, 0.15) is 22.5 Å². The van der Waals surface area contributed by atoms with E-state index in [1.54, 1.807) is 0 Å². The van der Waals surface area contributed by atoms with Gasteiger partial charge in [-0.1, -0.05) is 35.9 Å². The summed E-state index contributed by atoms with van der Waals surface area (Å²) in [6, 6.07) is 13.8. The summed E-state index contributed by atoms with van der Waals surface area (Å²) >= 11 is 6.30. The zero-order chi connectivity index (χ0) is 18.8. The van der Waals surface area contributed by atoms with E-state index in [9.17, 15) is 0 Å². The van der Waals surface area contributed by atoms with Crippen LogP contribution in [0.15, 0.2) is 42.5 Å². The minimum Gasteiger partial charge on any atom is -0.486 e. The quantitative estimate of drug-likeness (QED) is 0.700. The van der Waals surface area contributed by atoms with Crippen molar-refractivity contribution in [1.29, 1.82) is 0 Å². The second kappa shape index (κ2) is 7.53. The molecule has 0 atom stereocenters. The Morgan fingerprint density at radius 2 is 1.89 bits per heavy atom. The van der Waals surface area contributed by atoms with E-state index in [0.717, 1.165) is 39.2 Å². The Balaban J connectivity index is 1.54. The van der Waals surface area contributed by atoms with Gasteiger partial charge < -0.3 is 14.8 Å². The minimum atomic E-state index is 0.569. The Hall–Kier alpha value is -2.66. The lowest BCUT2D eigenvalue weighted by Crippen LogP contribution is -2.16. The third-order valence-electron chi connectivity index (χ3n) is 4.83. The summed E-state index contributed by atoms with van der Waals surface area (Å²) in [4.78, 5) is 0. The molecule has 4 rings (SSSR count). The zero-order valence-electron chi connectivity index (χ0n) is 15.5. The Bertz CT molecular complexity index is 968. The van der Waals surface area contributed by atoms with Crippen molar-refractivity contribution in [3.05, 3.63) is 70.0 Å². The Morgan fingerprint density at radius 1 is 1.07 bits per heavy atom. The standard InChI is InChI=1S/C21H22ClN3O2/c1-14-17(12-23-19-8-5-9-20-21(19)27-11-10-26-20)15(2)25(24-14)13-16-6-3-4-7-18(16)22/h3-9,23H,10-13H2,1-2H3. The summed E-state index contributed by atoms with van der Waals surface area (Å²) < 4.78 is 13.4. The SMILES string of the molecule is Cc1nn(Cc2ccccc2Cl)c(C)c1CNc1cccc2c1OCCO2. The largest absolute Gasteiger partial charge is 0.486 e. The van der Waals surface area contributed by atoms with Crippen molar-refractivity contribution in [1.82, 2.24) is 9.78 Å². The predicted octanol–water partition coefficient (Wildman–Crippen LogP) is 4.58. The van der Waals surface area contributed by atoms with Crippen LogP contribution in [-0.4, -0.2) is 23.0 Å². The molecule has 0 unspecified atom stereocenters.